The standard InChI is InChI=1S/C14H32N2/c1-11(2)15-10-8-9-13(14(5,6)7)16-12(3)4/h11-13,15-16H,8-10H2,1-7H3. The van der Waals surface area contributed by atoms with Crippen LogP contribution in [0, 0.1) is 5.41 Å². The van der Waals surface area contributed by atoms with Crippen LogP contribution in [0.2, 0.25) is 0 Å². The van der Waals surface area contributed by atoms with Crippen molar-refractivity contribution in [1.82, 2.24) is 10.6 Å². The molecule has 0 saturated heterocycles. The third-order valence-electron chi connectivity index (χ3n) is 2.80. The highest BCUT2D eigenvalue weighted by Crippen LogP contribution is 2.23. The monoisotopic (exact) mass is 228 g/mol. The van der Waals surface area contributed by atoms with E-state index in [1.54, 1.807) is 0 Å². The molecule has 0 radical (unpaired) electrons. The van der Waals surface area contributed by atoms with Crippen molar-refractivity contribution in [3.63, 3.8) is 0 Å². The molecule has 0 rings (SSSR count). The van der Waals surface area contributed by atoms with Crippen LogP contribution in [0.3, 0.4) is 0 Å². The van der Waals surface area contributed by atoms with Crippen LogP contribution in [-0.4, -0.2) is 24.7 Å². The number of rotatable bonds is 7. The van der Waals surface area contributed by atoms with Crippen LogP contribution in [0.1, 0.15) is 61.3 Å². The van der Waals surface area contributed by atoms with Gasteiger partial charge in [-0.05, 0) is 24.8 Å². The Hall–Kier alpha value is -0.0800. The van der Waals surface area contributed by atoms with E-state index in [-0.39, 0.29) is 0 Å². The second kappa shape index (κ2) is 7.29. The Labute approximate surface area is 103 Å². The van der Waals surface area contributed by atoms with Gasteiger partial charge in [0.25, 0.3) is 0 Å². The molecule has 0 spiro atoms. The van der Waals surface area contributed by atoms with E-state index in [1.165, 1.54) is 12.8 Å². The van der Waals surface area contributed by atoms with Crippen LogP contribution in [0.15, 0.2) is 0 Å². The predicted octanol–water partition coefficient (Wildman–Crippen LogP) is 3.18. The van der Waals surface area contributed by atoms with Crippen molar-refractivity contribution in [2.45, 2.75) is 79.4 Å². The summed E-state index contributed by atoms with van der Waals surface area (Å²) in [5.41, 5.74) is 0.349. The van der Waals surface area contributed by atoms with Crippen LogP contribution in [0.5, 0.6) is 0 Å². The van der Waals surface area contributed by atoms with Crippen molar-refractivity contribution in [2.75, 3.05) is 6.54 Å². The average Bonchev–Trinajstić information content (AvgIpc) is 2.07. The van der Waals surface area contributed by atoms with Gasteiger partial charge in [-0.1, -0.05) is 48.5 Å². The molecule has 2 heteroatoms. The second-order valence-electron chi connectivity index (χ2n) is 6.49. The largest absolute Gasteiger partial charge is 0.315 e. The molecular weight excluding hydrogens is 196 g/mol. The van der Waals surface area contributed by atoms with Crippen molar-refractivity contribution >= 4 is 0 Å². The minimum Gasteiger partial charge on any atom is -0.315 e. The molecule has 0 fully saturated rings. The van der Waals surface area contributed by atoms with E-state index in [1.807, 2.05) is 0 Å². The molecule has 98 valence electrons. The maximum Gasteiger partial charge on any atom is 0.0118 e. The summed E-state index contributed by atoms with van der Waals surface area (Å²) in [5, 5.41) is 7.16. The van der Waals surface area contributed by atoms with Crippen molar-refractivity contribution < 1.29 is 0 Å². The smallest absolute Gasteiger partial charge is 0.0118 e. The maximum absolute atomic E-state index is 3.68. The van der Waals surface area contributed by atoms with E-state index < -0.39 is 0 Å². The first kappa shape index (κ1) is 15.9. The molecule has 0 aromatic heterocycles. The van der Waals surface area contributed by atoms with Crippen molar-refractivity contribution in [3.8, 4) is 0 Å². The molecule has 0 amide bonds. The summed E-state index contributed by atoms with van der Waals surface area (Å²) in [6.45, 7) is 17.0. The van der Waals surface area contributed by atoms with Gasteiger partial charge in [-0.15, -0.1) is 0 Å². The third-order valence-corrected chi connectivity index (χ3v) is 2.80. The van der Waals surface area contributed by atoms with E-state index in [0.717, 1.165) is 6.54 Å². The van der Waals surface area contributed by atoms with Gasteiger partial charge in [-0.3, -0.25) is 0 Å². The molecule has 0 heterocycles. The summed E-state index contributed by atoms with van der Waals surface area (Å²) in [7, 11) is 0. The topological polar surface area (TPSA) is 24.1 Å². The highest BCUT2D eigenvalue weighted by molar-refractivity contribution is 4.81. The molecule has 16 heavy (non-hydrogen) atoms. The Morgan fingerprint density at radius 1 is 0.938 bits per heavy atom. The fraction of sp³-hybridized carbons (Fsp3) is 1.00. The van der Waals surface area contributed by atoms with Crippen LogP contribution in [-0.2, 0) is 0 Å². The van der Waals surface area contributed by atoms with Crippen LogP contribution >= 0.6 is 0 Å². The van der Waals surface area contributed by atoms with Gasteiger partial charge >= 0.3 is 0 Å². The van der Waals surface area contributed by atoms with Crippen molar-refractivity contribution in [3.05, 3.63) is 0 Å². The zero-order valence-electron chi connectivity index (χ0n) is 12.4. The van der Waals surface area contributed by atoms with Crippen LogP contribution in [0.4, 0.5) is 0 Å². The molecule has 1 atom stereocenters. The van der Waals surface area contributed by atoms with Crippen LogP contribution < -0.4 is 10.6 Å². The van der Waals surface area contributed by atoms with E-state index in [9.17, 15) is 0 Å². The molecule has 2 nitrogen and oxygen atoms in total. The van der Waals surface area contributed by atoms with Crippen LogP contribution in [0.25, 0.3) is 0 Å². The molecule has 0 bridgehead atoms. The molecule has 1 unspecified atom stereocenters. The zero-order chi connectivity index (χ0) is 12.8. The minimum absolute atomic E-state index is 0.349. The molecule has 0 aliphatic heterocycles. The molecular formula is C14H32N2. The molecule has 0 aliphatic carbocycles. The number of hydrogen-bond acceptors (Lipinski definition) is 2. The Balaban J connectivity index is 3.94. The Morgan fingerprint density at radius 3 is 1.88 bits per heavy atom. The summed E-state index contributed by atoms with van der Waals surface area (Å²) >= 11 is 0. The van der Waals surface area contributed by atoms with Crippen molar-refractivity contribution in [2.24, 2.45) is 5.41 Å². The van der Waals surface area contributed by atoms with E-state index in [4.69, 9.17) is 0 Å². The lowest BCUT2D eigenvalue weighted by Gasteiger charge is -2.33. The first-order chi connectivity index (χ1) is 7.23. The van der Waals surface area contributed by atoms with Gasteiger partial charge in [-0.25, -0.2) is 0 Å². The van der Waals surface area contributed by atoms with Gasteiger partial charge in [0.05, 0.1) is 0 Å². The normalized spacial score (nSPS) is 14.8. The Morgan fingerprint density at radius 2 is 1.50 bits per heavy atom. The second-order valence-corrected chi connectivity index (χ2v) is 6.49. The lowest BCUT2D eigenvalue weighted by Crippen LogP contribution is -2.44. The van der Waals surface area contributed by atoms with Crippen molar-refractivity contribution in [1.29, 1.82) is 0 Å². The minimum atomic E-state index is 0.349. The quantitative estimate of drug-likeness (QED) is 0.654. The van der Waals surface area contributed by atoms with Gasteiger partial charge in [0.1, 0.15) is 0 Å². The van der Waals surface area contributed by atoms with Gasteiger partial charge in [-0.2, -0.15) is 0 Å². The van der Waals surface area contributed by atoms with E-state index in [0.29, 0.717) is 23.5 Å². The molecule has 0 saturated carbocycles. The third kappa shape index (κ3) is 8.12. The van der Waals surface area contributed by atoms with Gasteiger partial charge in [0.15, 0.2) is 0 Å². The predicted molar refractivity (Wildman–Crippen MR) is 73.9 cm³/mol. The maximum atomic E-state index is 3.68. The Bertz CT molecular complexity index is 168. The molecule has 0 aromatic carbocycles. The molecule has 0 aliphatic rings. The lowest BCUT2D eigenvalue weighted by molar-refractivity contribution is 0.236. The highest BCUT2D eigenvalue weighted by Gasteiger charge is 2.24. The van der Waals surface area contributed by atoms with E-state index >= 15 is 0 Å². The first-order valence-corrected chi connectivity index (χ1v) is 6.73. The lowest BCUT2D eigenvalue weighted by atomic mass is 9.83. The van der Waals surface area contributed by atoms with Gasteiger partial charge < -0.3 is 10.6 Å². The molecule has 2 N–H and O–H groups in total. The fourth-order valence-electron chi connectivity index (χ4n) is 1.87. The van der Waals surface area contributed by atoms with E-state index in [2.05, 4.69) is 59.1 Å². The fourth-order valence-corrected chi connectivity index (χ4v) is 1.87. The summed E-state index contributed by atoms with van der Waals surface area (Å²) in [6.07, 6.45) is 2.50. The highest BCUT2D eigenvalue weighted by atomic mass is 15.0. The number of hydrogen-bond donors (Lipinski definition) is 2. The summed E-state index contributed by atoms with van der Waals surface area (Å²) < 4.78 is 0. The SMILES string of the molecule is CC(C)NCCCC(NC(C)C)C(C)(C)C. The first-order valence-electron chi connectivity index (χ1n) is 6.73. The average molecular weight is 228 g/mol. The number of nitrogens with one attached hydrogen (secondary N) is 2. The summed E-state index contributed by atoms with van der Waals surface area (Å²) in [5.74, 6) is 0. The Kier molecular flexibility index (Phi) is 7.25. The summed E-state index contributed by atoms with van der Waals surface area (Å²) in [6, 6.07) is 1.79. The van der Waals surface area contributed by atoms with Gasteiger partial charge in [0, 0.05) is 18.1 Å². The zero-order valence-corrected chi connectivity index (χ0v) is 12.4. The molecule has 0 aromatic rings. The van der Waals surface area contributed by atoms with Gasteiger partial charge in [0.2, 0.25) is 0 Å². The summed E-state index contributed by atoms with van der Waals surface area (Å²) in [4.78, 5) is 0.